The third kappa shape index (κ3) is 5.58. The van der Waals surface area contributed by atoms with Crippen LogP contribution in [0.15, 0.2) is 48.5 Å². The van der Waals surface area contributed by atoms with Gasteiger partial charge in [-0.3, -0.25) is 9.59 Å². The topological polar surface area (TPSA) is 105 Å². The minimum absolute atomic E-state index is 0.0219. The van der Waals surface area contributed by atoms with Gasteiger partial charge in [0.05, 0.1) is 6.42 Å². The van der Waals surface area contributed by atoms with Crippen molar-refractivity contribution < 1.29 is 24.2 Å². The first kappa shape index (κ1) is 23.8. The average molecular weight is 465 g/mol. The summed E-state index contributed by atoms with van der Waals surface area (Å²) >= 11 is 0. The molecule has 3 atom stereocenters. The lowest BCUT2D eigenvalue weighted by Gasteiger charge is -2.29. The first-order valence-corrected chi connectivity index (χ1v) is 12.0. The Morgan fingerprint density at radius 2 is 1.68 bits per heavy atom. The number of fused-ring (bicyclic) bond motifs is 3. The number of hydrogen-bond acceptors (Lipinski definition) is 4. The number of ether oxygens (including phenoxy) is 1. The first-order valence-electron chi connectivity index (χ1n) is 12.0. The standard InChI is InChI=1S/C27H32N2O5/c1-17(13-25(30)31)29-26(32)19-8-6-7-18(14-19)15-28-27(33)34-16-24-22-11-4-2-9-20(22)21-10-3-5-12-23(21)24/h2-5,9-12,17-19,24H,6-8,13-16H2,1H3,(H,28,33)(H,29,32)(H,30,31)/t17-,18?,19?/m0/s1. The SMILES string of the molecule is C[C@@H](CC(=O)O)NC(=O)C1CCCC(CNC(=O)OCC2c3ccccc3-c3ccccc32)C1. The molecular formula is C27H32N2O5. The number of amides is 2. The highest BCUT2D eigenvalue weighted by Crippen LogP contribution is 2.44. The number of nitrogens with one attached hydrogen (secondary N) is 2. The maximum Gasteiger partial charge on any atom is 0.407 e. The molecule has 3 N–H and O–H groups in total. The number of rotatable bonds is 8. The van der Waals surface area contributed by atoms with Crippen LogP contribution >= 0.6 is 0 Å². The lowest BCUT2D eigenvalue weighted by atomic mass is 9.81. The van der Waals surface area contributed by atoms with Crippen molar-refractivity contribution in [2.45, 2.75) is 51.0 Å². The van der Waals surface area contributed by atoms with E-state index in [2.05, 4.69) is 34.9 Å². The molecule has 0 aliphatic heterocycles. The average Bonchev–Trinajstić information content (AvgIpc) is 3.15. The van der Waals surface area contributed by atoms with Crippen LogP contribution in [0.2, 0.25) is 0 Å². The van der Waals surface area contributed by atoms with Crippen molar-refractivity contribution in [3.63, 3.8) is 0 Å². The van der Waals surface area contributed by atoms with Crippen LogP contribution < -0.4 is 10.6 Å². The summed E-state index contributed by atoms with van der Waals surface area (Å²) in [6.45, 7) is 2.44. The van der Waals surface area contributed by atoms with Crippen LogP contribution in [-0.2, 0) is 14.3 Å². The van der Waals surface area contributed by atoms with Crippen molar-refractivity contribution in [1.82, 2.24) is 10.6 Å². The largest absolute Gasteiger partial charge is 0.481 e. The van der Waals surface area contributed by atoms with Gasteiger partial charge in [-0.25, -0.2) is 4.79 Å². The zero-order valence-corrected chi connectivity index (χ0v) is 19.5. The Balaban J connectivity index is 1.25. The molecule has 7 heteroatoms. The van der Waals surface area contributed by atoms with E-state index in [-0.39, 0.29) is 36.7 Å². The number of benzene rings is 2. The summed E-state index contributed by atoms with van der Waals surface area (Å²) in [6, 6.07) is 16.1. The third-order valence-electron chi connectivity index (χ3n) is 6.90. The van der Waals surface area contributed by atoms with E-state index in [0.717, 1.165) is 19.3 Å². The number of carboxylic acids is 1. The molecule has 34 heavy (non-hydrogen) atoms. The van der Waals surface area contributed by atoms with Crippen LogP contribution in [0.5, 0.6) is 0 Å². The molecule has 2 aliphatic rings. The summed E-state index contributed by atoms with van der Waals surface area (Å²) in [5, 5.41) is 14.6. The smallest absolute Gasteiger partial charge is 0.407 e. The van der Waals surface area contributed by atoms with Crippen molar-refractivity contribution >= 4 is 18.0 Å². The highest BCUT2D eigenvalue weighted by molar-refractivity contribution is 5.80. The van der Waals surface area contributed by atoms with E-state index in [4.69, 9.17) is 9.84 Å². The number of carbonyl (C=O) groups is 3. The summed E-state index contributed by atoms with van der Waals surface area (Å²) in [6.07, 6.45) is 2.78. The van der Waals surface area contributed by atoms with Gasteiger partial charge in [0.15, 0.2) is 0 Å². The summed E-state index contributed by atoms with van der Waals surface area (Å²) in [5.74, 6) is -0.964. The second-order valence-electron chi connectivity index (χ2n) is 9.44. The van der Waals surface area contributed by atoms with E-state index in [0.29, 0.717) is 13.0 Å². The van der Waals surface area contributed by atoms with Gasteiger partial charge >= 0.3 is 12.1 Å². The maximum atomic E-state index is 12.5. The summed E-state index contributed by atoms with van der Waals surface area (Å²) in [4.78, 5) is 35.8. The van der Waals surface area contributed by atoms with Gasteiger partial charge in [0.1, 0.15) is 6.61 Å². The molecule has 0 aromatic heterocycles. The Labute approximate surface area is 199 Å². The Kier molecular flexibility index (Phi) is 7.50. The highest BCUT2D eigenvalue weighted by atomic mass is 16.5. The van der Waals surface area contributed by atoms with E-state index in [1.807, 2.05) is 24.3 Å². The number of carboxylic acid groups (broad SMARTS) is 1. The van der Waals surface area contributed by atoms with Crippen LogP contribution in [0.1, 0.15) is 56.1 Å². The van der Waals surface area contributed by atoms with Gasteiger partial charge in [-0.05, 0) is 54.4 Å². The normalized spacial score (nSPS) is 20.0. The molecule has 2 aromatic rings. The lowest BCUT2D eigenvalue weighted by molar-refractivity contribution is -0.137. The lowest BCUT2D eigenvalue weighted by Crippen LogP contribution is -2.41. The molecule has 7 nitrogen and oxygen atoms in total. The van der Waals surface area contributed by atoms with Crippen LogP contribution in [0.25, 0.3) is 11.1 Å². The Morgan fingerprint density at radius 1 is 1.03 bits per heavy atom. The van der Waals surface area contributed by atoms with E-state index < -0.39 is 18.1 Å². The molecule has 2 amide bonds. The predicted molar refractivity (Wildman–Crippen MR) is 128 cm³/mol. The van der Waals surface area contributed by atoms with E-state index in [9.17, 15) is 14.4 Å². The van der Waals surface area contributed by atoms with Crippen molar-refractivity contribution in [3.8, 4) is 11.1 Å². The van der Waals surface area contributed by atoms with Gasteiger partial charge in [0.25, 0.3) is 0 Å². The van der Waals surface area contributed by atoms with Gasteiger partial charge in [-0.2, -0.15) is 0 Å². The number of aliphatic carboxylic acids is 1. The van der Waals surface area contributed by atoms with Crippen molar-refractivity contribution in [3.05, 3.63) is 59.7 Å². The molecule has 0 saturated heterocycles. The van der Waals surface area contributed by atoms with Crippen LogP contribution in [-0.4, -0.2) is 42.3 Å². The Bertz CT molecular complexity index is 1010. The minimum atomic E-state index is -0.929. The van der Waals surface area contributed by atoms with Crippen molar-refractivity contribution in [2.24, 2.45) is 11.8 Å². The highest BCUT2D eigenvalue weighted by Gasteiger charge is 2.30. The molecule has 0 radical (unpaired) electrons. The molecule has 0 bridgehead atoms. The second-order valence-corrected chi connectivity index (χ2v) is 9.44. The van der Waals surface area contributed by atoms with E-state index in [1.165, 1.54) is 22.3 Å². The fourth-order valence-electron chi connectivity index (χ4n) is 5.27. The predicted octanol–water partition coefficient (Wildman–Crippen LogP) is 4.31. The summed E-state index contributed by atoms with van der Waals surface area (Å²) < 4.78 is 5.61. The van der Waals surface area contributed by atoms with Gasteiger partial charge in [-0.1, -0.05) is 55.0 Å². The molecule has 2 aliphatic carbocycles. The van der Waals surface area contributed by atoms with Gasteiger partial charge in [0, 0.05) is 24.4 Å². The van der Waals surface area contributed by atoms with E-state index >= 15 is 0 Å². The van der Waals surface area contributed by atoms with E-state index in [1.54, 1.807) is 6.92 Å². The molecule has 180 valence electrons. The zero-order valence-electron chi connectivity index (χ0n) is 19.5. The number of carbonyl (C=O) groups excluding carboxylic acids is 2. The first-order chi connectivity index (χ1) is 16.4. The molecule has 0 spiro atoms. The minimum Gasteiger partial charge on any atom is -0.481 e. The second kappa shape index (κ2) is 10.7. The fraction of sp³-hybridized carbons (Fsp3) is 0.444. The molecular weight excluding hydrogens is 432 g/mol. The number of alkyl carbamates (subject to hydrolysis) is 1. The Morgan fingerprint density at radius 3 is 2.32 bits per heavy atom. The van der Waals surface area contributed by atoms with Crippen LogP contribution in [0, 0.1) is 11.8 Å². The Hall–Kier alpha value is -3.35. The summed E-state index contributed by atoms with van der Waals surface area (Å²) in [5.41, 5.74) is 4.73. The molecule has 1 saturated carbocycles. The monoisotopic (exact) mass is 464 g/mol. The molecule has 2 unspecified atom stereocenters. The molecule has 0 heterocycles. The molecule has 1 fully saturated rings. The fourth-order valence-corrected chi connectivity index (χ4v) is 5.27. The summed E-state index contributed by atoms with van der Waals surface area (Å²) in [7, 11) is 0. The van der Waals surface area contributed by atoms with Gasteiger partial charge in [0.2, 0.25) is 5.91 Å². The number of hydrogen-bond donors (Lipinski definition) is 3. The van der Waals surface area contributed by atoms with Crippen molar-refractivity contribution in [2.75, 3.05) is 13.2 Å². The third-order valence-corrected chi connectivity index (χ3v) is 6.90. The van der Waals surface area contributed by atoms with Gasteiger partial charge in [-0.15, -0.1) is 0 Å². The van der Waals surface area contributed by atoms with Gasteiger partial charge < -0.3 is 20.5 Å². The van der Waals surface area contributed by atoms with Crippen molar-refractivity contribution in [1.29, 1.82) is 0 Å². The van der Waals surface area contributed by atoms with Crippen LogP contribution in [0.3, 0.4) is 0 Å². The quantitative estimate of drug-likeness (QED) is 0.540. The molecule has 2 aromatic carbocycles. The molecule has 4 rings (SSSR count). The zero-order chi connectivity index (χ0) is 24.1. The maximum absolute atomic E-state index is 12.5. The van der Waals surface area contributed by atoms with Crippen LogP contribution in [0.4, 0.5) is 4.79 Å².